The van der Waals surface area contributed by atoms with Crippen molar-refractivity contribution in [3.05, 3.63) is 65.7 Å². The first-order chi connectivity index (χ1) is 13.4. The Hall–Kier alpha value is -2.71. The molecular formula is C20H24N2O5S. The molecule has 7 nitrogen and oxygen atoms in total. The van der Waals surface area contributed by atoms with Gasteiger partial charge in [0.15, 0.2) is 0 Å². The molecule has 0 unspecified atom stereocenters. The first-order valence-electron chi connectivity index (χ1n) is 8.96. The van der Waals surface area contributed by atoms with Crippen LogP contribution in [0.1, 0.15) is 29.8 Å². The van der Waals surface area contributed by atoms with Crippen molar-refractivity contribution >= 4 is 21.9 Å². The Morgan fingerprint density at radius 2 is 1.57 bits per heavy atom. The molecule has 2 rings (SSSR count). The average molecular weight is 404 g/mol. The zero-order valence-electron chi connectivity index (χ0n) is 15.9. The van der Waals surface area contributed by atoms with Crippen LogP contribution in [-0.2, 0) is 26.2 Å². The van der Waals surface area contributed by atoms with E-state index in [9.17, 15) is 18.0 Å². The van der Waals surface area contributed by atoms with Crippen LogP contribution in [0.15, 0.2) is 59.5 Å². The van der Waals surface area contributed by atoms with Crippen LogP contribution < -0.4 is 5.32 Å². The number of hydrogen-bond acceptors (Lipinski definition) is 5. The molecule has 0 atom stereocenters. The Kier molecular flexibility index (Phi) is 7.71. The van der Waals surface area contributed by atoms with Gasteiger partial charge in [-0.2, -0.15) is 4.31 Å². The van der Waals surface area contributed by atoms with Gasteiger partial charge < -0.3 is 10.1 Å². The number of nitrogens with zero attached hydrogens (tertiary/aromatic N) is 1. The highest BCUT2D eigenvalue weighted by Crippen LogP contribution is 2.16. The maximum absolute atomic E-state index is 12.4. The van der Waals surface area contributed by atoms with E-state index in [-0.39, 0.29) is 23.6 Å². The van der Waals surface area contributed by atoms with Gasteiger partial charge >= 0.3 is 5.97 Å². The summed E-state index contributed by atoms with van der Waals surface area (Å²) in [5, 5.41) is 2.46. The van der Waals surface area contributed by atoms with Gasteiger partial charge in [0.1, 0.15) is 13.2 Å². The van der Waals surface area contributed by atoms with E-state index in [1.807, 2.05) is 30.3 Å². The highest BCUT2D eigenvalue weighted by molar-refractivity contribution is 7.89. The first-order valence-corrected chi connectivity index (χ1v) is 10.4. The van der Waals surface area contributed by atoms with E-state index in [4.69, 9.17) is 4.74 Å². The number of esters is 1. The molecule has 0 fully saturated rings. The maximum atomic E-state index is 12.4. The molecule has 28 heavy (non-hydrogen) atoms. The van der Waals surface area contributed by atoms with Crippen LogP contribution in [0.25, 0.3) is 0 Å². The molecule has 1 amide bonds. The summed E-state index contributed by atoms with van der Waals surface area (Å²) in [6.45, 7) is 4.12. The summed E-state index contributed by atoms with van der Waals surface area (Å²) >= 11 is 0. The highest BCUT2D eigenvalue weighted by Gasteiger charge is 2.21. The minimum Gasteiger partial charge on any atom is -0.460 e. The van der Waals surface area contributed by atoms with Crippen molar-refractivity contribution in [3.63, 3.8) is 0 Å². The van der Waals surface area contributed by atoms with Crippen LogP contribution in [0.2, 0.25) is 0 Å². The van der Waals surface area contributed by atoms with Gasteiger partial charge in [-0.1, -0.05) is 44.2 Å². The third-order valence-electron chi connectivity index (χ3n) is 4.10. The Labute approximate surface area is 165 Å². The zero-order valence-corrected chi connectivity index (χ0v) is 16.7. The standard InChI is InChI=1S/C20H24N2O5S/c1-3-22(4-2)28(25,26)18-12-10-17(11-13-18)20(24)21-14-19(23)27-15-16-8-6-5-7-9-16/h5-13H,3-4,14-15H2,1-2H3,(H,21,24). The summed E-state index contributed by atoms with van der Waals surface area (Å²) in [5.41, 5.74) is 1.11. The van der Waals surface area contributed by atoms with Crippen molar-refractivity contribution in [1.29, 1.82) is 0 Å². The zero-order chi connectivity index (χ0) is 20.6. The lowest BCUT2D eigenvalue weighted by atomic mass is 10.2. The fraction of sp³-hybridized carbons (Fsp3) is 0.300. The molecular weight excluding hydrogens is 380 g/mol. The lowest BCUT2D eigenvalue weighted by Gasteiger charge is -2.18. The van der Waals surface area contributed by atoms with Crippen LogP contribution in [0.3, 0.4) is 0 Å². The molecule has 0 bridgehead atoms. The van der Waals surface area contributed by atoms with E-state index in [1.165, 1.54) is 28.6 Å². The number of carbonyl (C=O) groups is 2. The van der Waals surface area contributed by atoms with E-state index >= 15 is 0 Å². The van der Waals surface area contributed by atoms with Crippen molar-refractivity contribution in [2.45, 2.75) is 25.3 Å². The second-order valence-corrected chi connectivity index (χ2v) is 7.88. The topological polar surface area (TPSA) is 92.8 Å². The summed E-state index contributed by atoms with van der Waals surface area (Å²) in [7, 11) is -3.58. The lowest BCUT2D eigenvalue weighted by Crippen LogP contribution is -2.31. The second-order valence-electron chi connectivity index (χ2n) is 5.94. The van der Waals surface area contributed by atoms with Crippen molar-refractivity contribution in [2.75, 3.05) is 19.6 Å². The summed E-state index contributed by atoms with van der Waals surface area (Å²) in [4.78, 5) is 24.0. The van der Waals surface area contributed by atoms with Gasteiger partial charge in [0.2, 0.25) is 10.0 Å². The third-order valence-corrected chi connectivity index (χ3v) is 6.16. The molecule has 0 radical (unpaired) electrons. The molecule has 0 saturated heterocycles. The van der Waals surface area contributed by atoms with E-state index in [0.29, 0.717) is 13.1 Å². The normalized spacial score (nSPS) is 11.2. The van der Waals surface area contributed by atoms with Gasteiger partial charge in [0.05, 0.1) is 4.90 Å². The number of carbonyl (C=O) groups excluding carboxylic acids is 2. The smallest absolute Gasteiger partial charge is 0.325 e. The second kappa shape index (κ2) is 10.0. The van der Waals surface area contributed by atoms with Crippen LogP contribution in [0.5, 0.6) is 0 Å². The van der Waals surface area contributed by atoms with Gasteiger partial charge in [0, 0.05) is 18.7 Å². The predicted octanol–water partition coefficient (Wildman–Crippen LogP) is 2.19. The Balaban J connectivity index is 1.90. The van der Waals surface area contributed by atoms with Gasteiger partial charge in [-0.05, 0) is 29.8 Å². The quantitative estimate of drug-likeness (QED) is 0.647. The number of hydrogen-bond donors (Lipinski definition) is 1. The number of amides is 1. The average Bonchev–Trinajstić information content (AvgIpc) is 2.72. The molecule has 0 aliphatic carbocycles. The molecule has 2 aromatic carbocycles. The fourth-order valence-corrected chi connectivity index (χ4v) is 3.99. The van der Waals surface area contributed by atoms with Gasteiger partial charge in [-0.3, -0.25) is 9.59 Å². The SMILES string of the molecule is CCN(CC)S(=O)(=O)c1ccc(C(=O)NCC(=O)OCc2ccccc2)cc1. The van der Waals surface area contributed by atoms with Crippen molar-refractivity contribution in [1.82, 2.24) is 9.62 Å². The molecule has 0 aliphatic rings. The van der Waals surface area contributed by atoms with Gasteiger partial charge in [-0.15, -0.1) is 0 Å². The number of rotatable bonds is 9. The van der Waals surface area contributed by atoms with Crippen molar-refractivity contribution in [2.24, 2.45) is 0 Å². The summed E-state index contributed by atoms with van der Waals surface area (Å²) in [6, 6.07) is 14.8. The van der Waals surface area contributed by atoms with Crippen molar-refractivity contribution < 1.29 is 22.7 Å². The number of nitrogens with one attached hydrogen (secondary N) is 1. The molecule has 150 valence electrons. The Morgan fingerprint density at radius 1 is 0.964 bits per heavy atom. The number of ether oxygens (including phenoxy) is 1. The molecule has 0 heterocycles. The van der Waals surface area contributed by atoms with Crippen LogP contribution in [-0.4, -0.2) is 44.2 Å². The van der Waals surface area contributed by atoms with E-state index in [0.717, 1.165) is 5.56 Å². The van der Waals surface area contributed by atoms with E-state index in [2.05, 4.69) is 5.32 Å². The molecule has 0 saturated carbocycles. The van der Waals surface area contributed by atoms with E-state index < -0.39 is 21.9 Å². The van der Waals surface area contributed by atoms with E-state index in [1.54, 1.807) is 13.8 Å². The van der Waals surface area contributed by atoms with Crippen LogP contribution in [0.4, 0.5) is 0 Å². The number of sulfonamides is 1. The lowest BCUT2D eigenvalue weighted by molar-refractivity contribution is -0.143. The molecule has 0 aliphatic heterocycles. The maximum Gasteiger partial charge on any atom is 0.325 e. The highest BCUT2D eigenvalue weighted by atomic mass is 32.2. The number of benzene rings is 2. The Morgan fingerprint density at radius 3 is 2.14 bits per heavy atom. The third kappa shape index (κ3) is 5.64. The van der Waals surface area contributed by atoms with Crippen molar-refractivity contribution in [3.8, 4) is 0 Å². The monoisotopic (exact) mass is 404 g/mol. The first kappa shape index (κ1) is 21.6. The minimum atomic E-state index is -3.58. The molecule has 0 spiro atoms. The Bertz CT molecular complexity index is 892. The van der Waals surface area contributed by atoms with Gasteiger partial charge in [-0.25, -0.2) is 8.42 Å². The summed E-state index contributed by atoms with van der Waals surface area (Å²) in [6.07, 6.45) is 0. The molecule has 2 aromatic rings. The molecule has 8 heteroatoms. The fourth-order valence-electron chi connectivity index (χ4n) is 2.53. The predicted molar refractivity (Wildman–Crippen MR) is 105 cm³/mol. The summed E-state index contributed by atoms with van der Waals surface area (Å²) in [5.74, 6) is -1.04. The van der Waals surface area contributed by atoms with Crippen LogP contribution >= 0.6 is 0 Å². The molecule has 1 N–H and O–H groups in total. The summed E-state index contributed by atoms with van der Waals surface area (Å²) < 4.78 is 31.3. The van der Waals surface area contributed by atoms with Crippen LogP contribution in [0, 0.1) is 0 Å². The van der Waals surface area contributed by atoms with Gasteiger partial charge in [0.25, 0.3) is 5.91 Å². The largest absolute Gasteiger partial charge is 0.460 e. The molecule has 0 aromatic heterocycles. The minimum absolute atomic E-state index is 0.120.